The van der Waals surface area contributed by atoms with Crippen LogP contribution in [0.25, 0.3) is 10.9 Å². The molecule has 0 spiro atoms. The number of fused-ring (bicyclic) bond motifs is 1. The second kappa shape index (κ2) is 6.15. The molecular weight excluding hydrogens is 246 g/mol. The minimum absolute atomic E-state index is 0.491. The summed E-state index contributed by atoms with van der Waals surface area (Å²) in [6, 6.07) is 10.1. The molecule has 0 fully saturated rings. The van der Waals surface area contributed by atoms with Crippen LogP contribution in [0.4, 0.5) is 5.82 Å². The number of pyridine rings is 1. The lowest BCUT2D eigenvalue weighted by Crippen LogP contribution is -2.09. The lowest BCUT2D eigenvalue weighted by molar-refractivity contribution is 1.33. The van der Waals surface area contributed by atoms with Gasteiger partial charge in [0.05, 0.1) is 16.9 Å². The van der Waals surface area contributed by atoms with Crippen molar-refractivity contribution in [1.82, 2.24) is 4.98 Å². The summed E-state index contributed by atoms with van der Waals surface area (Å²) >= 11 is 0. The Bertz CT molecular complexity index is 696. The van der Waals surface area contributed by atoms with E-state index in [0.29, 0.717) is 17.2 Å². The van der Waals surface area contributed by atoms with Crippen molar-refractivity contribution in [1.29, 1.82) is 0 Å². The van der Waals surface area contributed by atoms with Crippen LogP contribution in [0.15, 0.2) is 53.2 Å². The van der Waals surface area contributed by atoms with E-state index in [2.05, 4.69) is 40.4 Å². The number of anilines is 1. The second-order valence-electron chi connectivity index (χ2n) is 4.54. The summed E-state index contributed by atoms with van der Waals surface area (Å²) in [5, 5.41) is 4.20. The van der Waals surface area contributed by atoms with E-state index in [9.17, 15) is 0 Å². The van der Waals surface area contributed by atoms with Crippen LogP contribution in [-0.2, 0) is 0 Å². The highest BCUT2D eigenvalue weighted by atomic mass is 15.0. The Morgan fingerprint density at radius 2 is 2.05 bits per heavy atom. The van der Waals surface area contributed by atoms with Crippen LogP contribution in [-0.4, -0.2) is 17.7 Å². The number of aryl methyl sites for hydroxylation is 1. The first-order valence-electron chi connectivity index (χ1n) is 6.50. The molecule has 3 heteroatoms. The highest BCUT2D eigenvalue weighted by molar-refractivity contribution is 6.09. The van der Waals surface area contributed by atoms with Gasteiger partial charge >= 0.3 is 0 Å². The molecule has 3 nitrogen and oxygen atoms in total. The van der Waals surface area contributed by atoms with Crippen LogP contribution >= 0.6 is 0 Å². The number of hydrogen-bond donors (Lipinski definition) is 1. The van der Waals surface area contributed by atoms with Gasteiger partial charge in [-0.2, -0.15) is 0 Å². The smallest absolute Gasteiger partial charge is 0.131 e. The molecule has 1 heterocycles. The third kappa shape index (κ3) is 3.12. The summed E-state index contributed by atoms with van der Waals surface area (Å²) in [4.78, 5) is 8.69. The lowest BCUT2D eigenvalue weighted by atomic mass is 10.1. The predicted molar refractivity (Wildman–Crippen MR) is 86.1 cm³/mol. The van der Waals surface area contributed by atoms with Crippen molar-refractivity contribution in [2.75, 3.05) is 12.4 Å². The van der Waals surface area contributed by atoms with Crippen LogP contribution in [0, 0.1) is 13.5 Å². The molecule has 101 valence electrons. The molecule has 2 rings (SSSR count). The second-order valence-corrected chi connectivity index (χ2v) is 4.54. The predicted octanol–water partition coefficient (Wildman–Crippen LogP) is 3.92. The normalized spacial score (nSPS) is 12.1. The molecule has 2 aromatic rings. The van der Waals surface area contributed by atoms with Crippen molar-refractivity contribution in [2.45, 2.75) is 13.8 Å². The highest BCUT2D eigenvalue weighted by Crippen LogP contribution is 2.17. The summed E-state index contributed by atoms with van der Waals surface area (Å²) in [6.45, 7) is 9.98. The van der Waals surface area contributed by atoms with Gasteiger partial charge in [0.2, 0.25) is 0 Å². The van der Waals surface area contributed by atoms with Crippen molar-refractivity contribution in [3.8, 4) is 0 Å². The van der Waals surface area contributed by atoms with Crippen LogP contribution in [0.1, 0.15) is 12.5 Å². The average Bonchev–Trinajstić information content (AvgIpc) is 2.44. The van der Waals surface area contributed by atoms with Gasteiger partial charge in [0.25, 0.3) is 0 Å². The molecule has 20 heavy (non-hydrogen) atoms. The quantitative estimate of drug-likeness (QED) is 0.850. The van der Waals surface area contributed by atoms with Crippen molar-refractivity contribution in [3.63, 3.8) is 0 Å². The first-order chi connectivity index (χ1) is 9.63. The molecule has 0 bridgehead atoms. The Kier molecular flexibility index (Phi) is 4.31. The van der Waals surface area contributed by atoms with E-state index < -0.39 is 0 Å². The fraction of sp³-hybridized carbons (Fsp3) is 0.176. The van der Waals surface area contributed by atoms with E-state index >= 15 is 0 Å². The largest absolute Gasteiger partial charge is 0.338 e. The van der Waals surface area contributed by atoms with Crippen LogP contribution in [0.5, 0.6) is 0 Å². The monoisotopic (exact) mass is 264 g/mol. The number of aliphatic imine (C=N–C) groups is 1. The van der Waals surface area contributed by atoms with E-state index in [-0.39, 0.29) is 0 Å². The standard InChI is InChI=1S/C17H18N3/c1-5-6-15(18-4)13(3)19-17-10-9-14-8-7-12(2)11-16(14)20-17/h3,5-11H,1-2,4H3,(H,19,20)/b6-5-,13-3?,18-15?. The molecular formula is C17H18N3. The molecule has 0 saturated heterocycles. The third-order valence-electron chi connectivity index (χ3n) is 2.95. The van der Waals surface area contributed by atoms with E-state index in [1.807, 2.05) is 31.2 Å². The molecule has 0 unspecified atom stereocenters. The SMILES string of the molecule is [CH]=C(Nc1ccc2ccc(C)cc2n1)C(/C=C\C)=NC. The number of nitrogens with zero attached hydrogens (tertiary/aromatic N) is 2. The number of nitrogens with one attached hydrogen (secondary N) is 1. The molecule has 0 atom stereocenters. The lowest BCUT2D eigenvalue weighted by Gasteiger charge is -2.09. The Balaban J connectivity index is 2.28. The number of rotatable bonds is 4. The number of benzene rings is 1. The molecule has 1 N–H and O–H groups in total. The topological polar surface area (TPSA) is 37.3 Å². The maximum absolute atomic E-state index is 6.00. The van der Waals surface area contributed by atoms with E-state index in [0.717, 1.165) is 10.9 Å². The summed E-state index contributed by atoms with van der Waals surface area (Å²) < 4.78 is 0. The maximum Gasteiger partial charge on any atom is 0.131 e. The van der Waals surface area contributed by atoms with E-state index in [1.165, 1.54) is 5.56 Å². The van der Waals surface area contributed by atoms with Gasteiger partial charge in [0.1, 0.15) is 5.82 Å². The zero-order valence-electron chi connectivity index (χ0n) is 12.0. The molecule has 1 aromatic carbocycles. The Morgan fingerprint density at radius 1 is 1.30 bits per heavy atom. The molecule has 0 aliphatic heterocycles. The van der Waals surface area contributed by atoms with Crippen LogP contribution < -0.4 is 5.32 Å². The summed E-state index contributed by atoms with van der Waals surface area (Å²) in [5.74, 6) is 0.714. The molecule has 0 aliphatic rings. The molecule has 0 aliphatic carbocycles. The first kappa shape index (κ1) is 14.0. The summed E-state index contributed by atoms with van der Waals surface area (Å²) in [6.07, 6.45) is 3.75. The van der Waals surface area contributed by atoms with Crippen molar-refractivity contribution >= 4 is 22.4 Å². The Morgan fingerprint density at radius 3 is 2.75 bits per heavy atom. The number of allylic oxidation sites excluding steroid dienone is 2. The van der Waals surface area contributed by atoms with Gasteiger partial charge in [-0.05, 0) is 50.3 Å². The number of aromatic nitrogens is 1. The minimum Gasteiger partial charge on any atom is -0.338 e. The van der Waals surface area contributed by atoms with Crippen LogP contribution in [0.3, 0.4) is 0 Å². The third-order valence-corrected chi connectivity index (χ3v) is 2.95. The zero-order chi connectivity index (χ0) is 14.5. The van der Waals surface area contributed by atoms with Gasteiger partial charge in [-0.1, -0.05) is 18.2 Å². The molecule has 0 saturated carbocycles. The zero-order valence-corrected chi connectivity index (χ0v) is 12.0. The average molecular weight is 264 g/mol. The fourth-order valence-corrected chi connectivity index (χ4v) is 1.94. The Hall–Kier alpha value is -2.42. The summed E-state index contributed by atoms with van der Waals surface area (Å²) in [7, 11) is 1.71. The minimum atomic E-state index is 0.491. The van der Waals surface area contributed by atoms with Gasteiger partial charge in [0.15, 0.2) is 0 Å². The van der Waals surface area contributed by atoms with Gasteiger partial charge in [-0.25, -0.2) is 4.98 Å². The maximum atomic E-state index is 6.00. The van der Waals surface area contributed by atoms with Crippen molar-refractivity contribution < 1.29 is 0 Å². The Labute approximate surface area is 119 Å². The van der Waals surface area contributed by atoms with Gasteiger partial charge in [0, 0.05) is 12.4 Å². The van der Waals surface area contributed by atoms with Gasteiger partial charge < -0.3 is 5.32 Å². The van der Waals surface area contributed by atoms with E-state index in [4.69, 9.17) is 6.58 Å². The van der Waals surface area contributed by atoms with Crippen molar-refractivity contribution in [2.24, 2.45) is 4.99 Å². The van der Waals surface area contributed by atoms with Gasteiger partial charge in [-0.15, -0.1) is 0 Å². The summed E-state index contributed by atoms with van der Waals surface area (Å²) in [5.41, 5.74) is 3.33. The van der Waals surface area contributed by atoms with E-state index in [1.54, 1.807) is 7.05 Å². The van der Waals surface area contributed by atoms with Gasteiger partial charge in [-0.3, -0.25) is 4.99 Å². The first-order valence-corrected chi connectivity index (χ1v) is 6.50. The van der Waals surface area contributed by atoms with Crippen LogP contribution in [0.2, 0.25) is 0 Å². The molecule has 1 radical (unpaired) electrons. The molecule has 0 amide bonds. The fourth-order valence-electron chi connectivity index (χ4n) is 1.94. The molecule has 1 aromatic heterocycles. The van der Waals surface area contributed by atoms with Crippen molar-refractivity contribution in [3.05, 3.63) is 60.3 Å². The number of hydrogen-bond acceptors (Lipinski definition) is 3. The highest BCUT2D eigenvalue weighted by Gasteiger charge is 2.03.